The van der Waals surface area contributed by atoms with Crippen molar-refractivity contribution in [1.29, 1.82) is 0 Å². The Hall–Kier alpha value is -0.610. The first-order chi connectivity index (χ1) is 9.29. The van der Waals surface area contributed by atoms with Gasteiger partial charge in [0, 0.05) is 26.2 Å². The zero-order chi connectivity index (χ0) is 13.5. The zero-order valence-corrected chi connectivity index (χ0v) is 12.3. The van der Waals surface area contributed by atoms with Gasteiger partial charge in [-0.1, -0.05) is 12.8 Å². The molecule has 0 bridgehead atoms. The molecule has 1 atom stereocenters. The molecule has 2 aliphatic heterocycles. The number of likely N-dealkylation sites (tertiary alicyclic amines) is 2. The van der Waals surface area contributed by atoms with Crippen molar-refractivity contribution in [2.45, 2.75) is 51.6 Å². The van der Waals surface area contributed by atoms with Gasteiger partial charge in [-0.05, 0) is 39.2 Å². The van der Waals surface area contributed by atoms with Crippen LogP contribution in [0.4, 0.5) is 0 Å². The van der Waals surface area contributed by atoms with Crippen LogP contribution < -0.4 is 0 Å². The summed E-state index contributed by atoms with van der Waals surface area (Å²) in [6, 6.07) is 0. The van der Waals surface area contributed by atoms with E-state index in [1.807, 2.05) is 6.92 Å². The molecular weight excluding hydrogens is 240 g/mol. The van der Waals surface area contributed by atoms with Crippen molar-refractivity contribution in [2.75, 3.05) is 39.3 Å². The first kappa shape index (κ1) is 14.8. The highest BCUT2D eigenvalue weighted by Gasteiger charge is 2.24. The van der Waals surface area contributed by atoms with E-state index < -0.39 is 0 Å². The van der Waals surface area contributed by atoms with E-state index in [-0.39, 0.29) is 0 Å². The van der Waals surface area contributed by atoms with Gasteiger partial charge in [-0.2, -0.15) is 0 Å². The summed E-state index contributed by atoms with van der Waals surface area (Å²) in [6.07, 6.45) is 7.52. The number of carbonyl (C=O) groups excluding carboxylic acids is 1. The molecule has 2 saturated heterocycles. The van der Waals surface area contributed by atoms with E-state index in [1.54, 1.807) is 0 Å². The van der Waals surface area contributed by atoms with E-state index in [0.29, 0.717) is 18.6 Å². The lowest BCUT2D eigenvalue weighted by Crippen LogP contribution is -2.46. The number of hydrogen-bond acceptors (Lipinski definition) is 3. The summed E-state index contributed by atoms with van der Waals surface area (Å²) in [7, 11) is 0. The highest BCUT2D eigenvalue weighted by atomic mass is 16.5. The molecule has 2 rings (SSSR count). The molecule has 2 fully saturated rings. The van der Waals surface area contributed by atoms with Crippen LogP contribution >= 0.6 is 0 Å². The highest BCUT2D eigenvalue weighted by molar-refractivity contribution is 5.78. The number of ether oxygens (including phenoxy) is 1. The van der Waals surface area contributed by atoms with Crippen LogP contribution in [0, 0.1) is 0 Å². The van der Waals surface area contributed by atoms with Crippen LogP contribution in [0.5, 0.6) is 0 Å². The number of carbonyl (C=O) groups is 1. The van der Waals surface area contributed by atoms with Gasteiger partial charge in [-0.25, -0.2) is 0 Å². The van der Waals surface area contributed by atoms with Crippen molar-refractivity contribution >= 4 is 5.91 Å². The first-order valence-corrected chi connectivity index (χ1v) is 7.91. The van der Waals surface area contributed by atoms with Gasteiger partial charge in [0.1, 0.15) is 0 Å². The molecule has 4 nitrogen and oxygen atoms in total. The van der Waals surface area contributed by atoms with E-state index >= 15 is 0 Å². The van der Waals surface area contributed by atoms with Crippen LogP contribution in [0.3, 0.4) is 0 Å². The molecule has 0 radical (unpaired) electrons. The Kier molecular flexibility index (Phi) is 6.11. The predicted octanol–water partition coefficient (Wildman–Crippen LogP) is 1.89. The van der Waals surface area contributed by atoms with Crippen LogP contribution in [0.2, 0.25) is 0 Å². The van der Waals surface area contributed by atoms with E-state index in [2.05, 4.69) is 9.80 Å². The van der Waals surface area contributed by atoms with Crippen LogP contribution in [-0.2, 0) is 9.53 Å². The monoisotopic (exact) mass is 268 g/mol. The quantitative estimate of drug-likeness (QED) is 0.780. The fourth-order valence-corrected chi connectivity index (χ4v) is 3.14. The highest BCUT2D eigenvalue weighted by Crippen LogP contribution is 2.14. The molecule has 2 heterocycles. The van der Waals surface area contributed by atoms with Gasteiger partial charge in [0.05, 0.1) is 12.6 Å². The lowest BCUT2D eigenvalue weighted by atomic mass is 10.1. The molecule has 0 aliphatic carbocycles. The third-order valence-corrected chi connectivity index (χ3v) is 4.18. The van der Waals surface area contributed by atoms with E-state index in [4.69, 9.17) is 4.74 Å². The van der Waals surface area contributed by atoms with Crippen molar-refractivity contribution in [1.82, 2.24) is 9.80 Å². The molecule has 0 aromatic rings. The SMILES string of the molecule is CCOC1CCCN(CC(=O)N2CCCCCC2)C1. The topological polar surface area (TPSA) is 32.8 Å². The number of amides is 1. The summed E-state index contributed by atoms with van der Waals surface area (Å²) >= 11 is 0. The molecule has 2 aliphatic rings. The average molecular weight is 268 g/mol. The molecule has 1 amide bonds. The second kappa shape index (κ2) is 7.85. The molecule has 4 heteroatoms. The summed E-state index contributed by atoms with van der Waals surface area (Å²) in [5.41, 5.74) is 0. The summed E-state index contributed by atoms with van der Waals surface area (Å²) in [4.78, 5) is 16.7. The minimum absolute atomic E-state index is 0.319. The van der Waals surface area contributed by atoms with E-state index in [1.165, 1.54) is 25.7 Å². The minimum Gasteiger partial charge on any atom is -0.377 e. The van der Waals surface area contributed by atoms with Crippen molar-refractivity contribution in [3.05, 3.63) is 0 Å². The van der Waals surface area contributed by atoms with Crippen LogP contribution in [0.15, 0.2) is 0 Å². The normalized spacial score (nSPS) is 26.2. The standard InChI is InChI=1S/C15H28N2O2/c1-2-19-14-8-7-9-16(12-14)13-15(18)17-10-5-3-4-6-11-17/h14H,2-13H2,1H3. The number of hydrogen-bond donors (Lipinski definition) is 0. The zero-order valence-electron chi connectivity index (χ0n) is 12.3. The Morgan fingerprint density at radius 2 is 1.84 bits per heavy atom. The molecule has 0 aromatic heterocycles. The van der Waals surface area contributed by atoms with Crippen LogP contribution in [-0.4, -0.2) is 61.1 Å². The summed E-state index contributed by atoms with van der Waals surface area (Å²) < 4.78 is 5.69. The fourth-order valence-electron chi connectivity index (χ4n) is 3.14. The fraction of sp³-hybridized carbons (Fsp3) is 0.933. The van der Waals surface area contributed by atoms with Crippen molar-refractivity contribution in [3.63, 3.8) is 0 Å². The number of nitrogens with zero attached hydrogens (tertiary/aromatic N) is 2. The van der Waals surface area contributed by atoms with Crippen molar-refractivity contribution in [3.8, 4) is 0 Å². The van der Waals surface area contributed by atoms with Gasteiger partial charge < -0.3 is 9.64 Å². The van der Waals surface area contributed by atoms with Gasteiger partial charge in [0.25, 0.3) is 0 Å². The lowest BCUT2D eigenvalue weighted by Gasteiger charge is -2.33. The molecule has 1 unspecified atom stereocenters. The third-order valence-electron chi connectivity index (χ3n) is 4.18. The van der Waals surface area contributed by atoms with Crippen molar-refractivity contribution < 1.29 is 9.53 Å². The molecule has 0 N–H and O–H groups in total. The second-order valence-corrected chi connectivity index (χ2v) is 5.75. The Bertz CT molecular complexity index is 273. The Morgan fingerprint density at radius 1 is 1.11 bits per heavy atom. The molecule has 0 aromatic carbocycles. The first-order valence-electron chi connectivity index (χ1n) is 7.91. The Balaban J connectivity index is 1.77. The van der Waals surface area contributed by atoms with Gasteiger partial charge in [-0.3, -0.25) is 9.69 Å². The van der Waals surface area contributed by atoms with Gasteiger partial charge in [-0.15, -0.1) is 0 Å². The maximum Gasteiger partial charge on any atom is 0.236 e. The lowest BCUT2D eigenvalue weighted by molar-refractivity contribution is -0.133. The maximum absolute atomic E-state index is 12.3. The molecule has 0 saturated carbocycles. The molecule has 0 spiro atoms. The number of piperidine rings is 1. The van der Waals surface area contributed by atoms with Gasteiger partial charge >= 0.3 is 0 Å². The van der Waals surface area contributed by atoms with Crippen LogP contribution in [0.1, 0.15) is 45.4 Å². The number of rotatable bonds is 4. The summed E-state index contributed by atoms with van der Waals surface area (Å²) in [6.45, 7) is 7.29. The molecule has 110 valence electrons. The van der Waals surface area contributed by atoms with E-state index in [9.17, 15) is 4.79 Å². The second-order valence-electron chi connectivity index (χ2n) is 5.75. The maximum atomic E-state index is 12.3. The summed E-state index contributed by atoms with van der Waals surface area (Å²) in [5, 5.41) is 0. The predicted molar refractivity (Wildman–Crippen MR) is 76.1 cm³/mol. The minimum atomic E-state index is 0.319. The van der Waals surface area contributed by atoms with Gasteiger partial charge in [0.15, 0.2) is 0 Å². The van der Waals surface area contributed by atoms with E-state index in [0.717, 1.165) is 45.6 Å². The summed E-state index contributed by atoms with van der Waals surface area (Å²) in [5.74, 6) is 0.319. The smallest absolute Gasteiger partial charge is 0.236 e. The largest absolute Gasteiger partial charge is 0.377 e. The van der Waals surface area contributed by atoms with Crippen molar-refractivity contribution in [2.24, 2.45) is 0 Å². The Labute approximate surface area is 117 Å². The molecular formula is C15H28N2O2. The Morgan fingerprint density at radius 3 is 2.53 bits per heavy atom. The van der Waals surface area contributed by atoms with Crippen LogP contribution in [0.25, 0.3) is 0 Å². The average Bonchev–Trinajstić information content (AvgIpc) is 2.68. The third kappa shape index (κ3) is 4.77. The molecule has 19 heavy (non-hydrogen) atoms. The van der Waals surface area contributed by atoms with Gasteiger partial charge in [0.2, 0.25) is 5.91 Å².